The molecule has 1 aromatic rings. The van der Waals surface area contributed by atoms with Crippen LogP contribution in [0.3, 0.4) is 0 Å². The second kappa shape index (κ2) is 12.6. The molecule has 278 valence electrons. The van der Waals surface area contributed by atoms with Gasteiger partial charge < -0.3 is 26.0 Å². The average molecular weight is 685 g/mol. The van der Waals surface area contributed by atoms with Crippen LogP contribution in [0.25, 0.3) is 0 Å². The molecular weight excluding hydrogens is 616 g/mol. The molecule has 49 heavy (non-hydrogen) atoms. The van der Waals surface area contributed by atoms with Crippen LogP contribution in [0.5, 0.6) is 0 Å². The maximum absolute atomic E-state index is 13.3. The Morgan fingerprint density at radius 1 is 1.10 bits per heavy atom. The number of nitrogens with zero attached hydrogens (tertiary/aromatic N) is 3. The third-order valence-corrected chi connectivity index (χ3v) is 16.0. The number of aliphatic carboxylic acids is 1. The van der Waals surface area contributed by atoms with E-state index in [2.05, 4.69) is 110 Å². The number of aromatic nitrogens is 4. The molecule has 1 aromatic heterocycles. The molecule has 0 spiro atoms. The number of anilines is 1. The van der Waals surface area contributed by atoms with Crippen LogP contribution in [0.15, 0.2) is 11.6 Å². The van der Waals surface area contributed by atoms with Crippen LogP contribution in [-0.2, 0) is 14.3 Å². The quantitative estimate of drug-likeness (QED) is 0.228. The number of nitrogens with two attached hydrogens (primary N) is 2. The van der Waals surface area contributed by atoms with Gasteiger partial charge in [0.1, 0.15) is 0 Å². The van der Waals surface area contributed by atoms with Crippen molar-refractivity contribution in [2.45, 2.75) is 133 Å². The van der Waals surface area contributed by atoms with E-state index in [-0.39, 0.29) is 50.5 Å². The number of fused-ring (bicyclic) bond motifs is 3. The molecule has 1 saturated heterocycles. The second-order valence-electron chi connectivity index (χ2n) is 19.7. The topological polar surface area (TPSA) is 162 Å². The number of rotatable bonds is 6. The van der Waals surface area contributed by atoms with Crippen LogP contribution in [-0.4, -0.2) is 63.2 Å². The minimum Gasteiger partial charge on any atom is -0.481 e. The van der Waals surface area contributed by atoms with E-state index in [9.17, 15) is 9.90 Å². The van der Waals surface area contributed by atoms with Gasteiger partial charge in [0.25, 0.3) is 5.95 Å². The Bertz CT molecular complexity index is 1390. The van der Waals surface area contributed by atoms with Gasteiger partial charge in [-0.05, 0) is 102 Å². The molecule has 0 unspecified atom stereocenters. The Labute approximate surface area is 295 Å². The zero-order valence-corrected chi connectivity index (χ0v) is 32.7. The fraction of sp³-hybridized carbons (Fsp3) is 0.897. The van der Waals surface area contributed by atoms with Crippen molar-refractivity contribution in [3.63, 3.8) is 0 Å². The third-order valence-electron chi connectivity index (χ3n) is 16.0. The van der Waals surface area contributed by atoms with Gasteiger partial charge in [0.2, 0.25) is 0 Å². The van der Waals surface area contributed by atoms with Gasteiger partial charge in [0, 0.05) is 16.4 Å². The van der Waals surface area contributed by atoms with E-state index < -0.39 is 11.5 Å². The Balaban J connectivity index is 0.000000704. The molecule has 6 N–H and O–H groups in total. The number of hydrogen-bond acceptors (Lipinski definition) is 8. The zero-order valence-electron chi connectivity index (χ0n) is 32.7. The molecule has 4 aliphatic carbocycles. The van der Waals surface area contributed by atoms with Gasteiger partial charge in [0.15, 0.2) is 0 Å². The van der Waals surface area contributed by atoms with Crippen LogP contribution in [0, 0.1) is 68.0 Å². The minimum atomic E-state index is -0.589. The summed E-state index contributed by atoms with van der Waals surface area (Å²) in [6.45, 7) is 29.6. The Kier molecular flexibility index (Phi) is 9.80. The van der Waals surface area contributed by atoms with Crippen LogP contribution in [0.2, 0.25) is 0 Å². The number of allylic oxidation sites excluding steroid dienone is 1. The smallest absolute Gasteiger partial charge is 0.307 e. The lowest BCUT2D eigenvalue weighted by Gasteiger charge is -2.71. The van der Waals surface area contributed by atoms with Crippen LogP contribution in [0.4, 0.5) is 5.95 Å². The Morgan fingerprint density at radius 2 is 1.78 bits per heavy atom. The van der Waals surface area contributed by atoms with E-state index in [1.54, 1.807) is 5.57 Å². The summed E-state index contributed by atoms with van der Waals surface area (Å²) in [6, 6.07) is 0. The highest BCUT2D eigenvalue weighted by Gasteiger charge is 2.71. The minimum absolute atomic E-state index is 0.0142. The molecule has 4 fully saturated rings. The summed E-state index contributed by atoms with van der Waals surface area (Å²) in [6.07, 6.45) is 8.99. The first-order valence-corrected chi connectivity index (χ1v) is 18.9. The summed E-state index contributed by atoms with van der Waals surface area (Å²) < 4.78 is 13.5. The van der Waals surface area contributed by atoms with Crippen molar-refractivity contribution in [3.8, 4) is 0 Å². The van der Waals surface area contributed by atoms with E-state index in [4.69, 9.17) is 20.9 Å². The second-order valence-corrected chi connectivity index (χ2v) is 19.7. The highest BCUT2D eigenvalue weighted by molar-refractivity contribution is 5.73. The summed E-state index contributed by atoms with van der Waals surface area (Å²) in [5, 5.41) is 23.0. The number of carboxylic acid groups (broad SMARTS) is 1. The number of nitrogens with one attached hydrogen (secondary N) is 1. The van der Waals surface area contributed by atoms with Gasteiger partial charge in [-0.2, -0.15) is 5.21 Å². The van der Waals surface area contributed by atoms with Gasteiger partial charge in [-0.15, -0.1) is 5.10 Å². The fourth-order valence-electron chi connectivity index (χ4n) is 12.0. The summed E-state index contributed by atoms with van der Waals surface area (Å²) >= 11 is 0. The SMILES string of the molecule is CC(C)[C@@H](C)[C@@]1(C)CC[C@]2(C)[C@H]3CC[C@@H]4[C@@]5(COC[C@]4(C)[C@@H](OC[C@@](C)(N)C(C)(C)C)[C@H](C)C5)C3=CC[C@@]2(C)[C@@H]1C(=O)O.Nc1nn[nH]n1. The first-order chi connectivity index (χ1) is 22.5. The van der Waals surface area contributed by atoms with Gasteiger partial charge in [-0.25, -0.2) is 0 Å². The van der Waals surface area contributed by atoms with Gasteiger partial charge in [-0.3, -0.25) is 4.79 Å². The first-order valence-electron chi connectivity index (χ1n) is 18.9. The predicted octanol–water partition coefficient (Wildman–Crippen LogP) is 7.14. The van der Waals surface area contributed by atoms with Gasteiger partial charge in [-0.1, -0.05) is 92.9 Å². The maximum Gasteiger partial charge on any atom is 0.307 e. The monoisotopic (exact) mass is 685 g/mol. The van der Waals surface area contributed by atoms with Crippen molar-refractivity contribution in [1.29, 1.82) is 0 Å². The Morgan fingerprint density at radius 3 is 2.31 bits per heavy atom. The maximum atomic E-state index is 13.3. The lowest BCUT2D eigenvalue weighted by Crippen LogP contribution is -2.69. The summed E-state index contributed by atoms with van der Waals surface area (Å²) in [5.74, 6) is 1.36. The van der Waals surface area contributed by atoms with E-state index in [0.29, 0.717) is 36.2 Å². The largest absolute Gasteiger partial charge is 0.481 e. The molecule has 10 nitrogen and oxygen atoms in total. The van der Waals surface area contributed by atoms with E-state index in [1.807, 2.05) is 0 Å². The molecule has 0 aromatic carbocycles. The van der Waals surface area contributed by atoms with Crippen LogP contribution >= 0.6 is 0 Å². The first kappa shape index (κ1) is 38.2. The number of hydrogen-bond donors (Lipinski definition) is 4. The summed E-state index contributed by atoms with van der Waals surface area (Å²) in [4.78, 5) is 13.3. The van der Waals surface area contributed by atoms with Crippen molar-refractivity contribution in [3.05, 3.63) is 11.6 Å². The number of carbonyl (C=O) groups is 1. The Hall–Kier alpha value is -2.04. The predicted molar refractivity (Wildman–Crippen MR) is 193 cm³/mol. The van der Waals surface area contributed by atoms with E-state index in [0.717, 1.165) is 51.7 Å². The van der Waals surface area contributed by atoms with Crippen molar-refractivity contribution in [2.24, 2.45) is 73.7 Å². The van der Waals surface area contributed by atoms with E-state index >= 15 is 0 Å². The summed E-state index contributed by atoms with van der Waals surface area (Å²) in [7, 11) is 0. The molecule has 0 radical (unpaired) electrons. The standard InChI is InChI=1S/C38H65NO4.CH3N5/c1-23(2)25(4)33(8)17-18-35(10)26-13-14-28-34(9)20-42-22-38(28,27(26)15-16-36(35,11)29(33)31(40)41)19-24(3)30(34)43-21-37(12,39)32(5,6)7;2-1-3-5-6-4-1/h15,23-26,28-30H,13-14,16-22,39H2,1-12H3,(H,40,41);(H3,2,3,4,5,6)/t24-,25-,26+,28+,29-,30+,33-,34+,35-,36+,37-,38+;/m1./s1. The van der Waals surface area contributed by atoms with Crippen LogP contribution in [0.1, 0.15) is 122 Å². The normalized spacial score (nSPS) is 43.5. The molecule has 0 amide bonds. The summed E-state index contributed by atoms with van der Waals surface area (Å²) in [5.41, 5.74) is 12.3. The third kappa shape index (κ3) is 5.78. The molecule has 1 aliphatic heterocycles. The molecule has 6 rings (SSSR count). The van der Waals surface area contributed by atoms with Crippen molar-refractivity contribution >= 4 is 11.9 Å². The number of carboxylic acids is 1. The number of aromatic amines is 1. The number of H-pyrrole nitrogens is 1. The number of ether oxygens (including phenoxy) is 2. The van der Waals surface area contributed by atoms with Gasteiger partial charge in [0.05, 0.1) is 31.8 Å². The van der Waals surface area contributed by atoms with Crippen molar-refractivity contribution in [1.82, 2.24) is 20.6 Å². The average Bonchev–Trinajstić information content (AvgIpc) is 3.47. The fourth-order valence-corrected chi connectivity index (χ4v) is 12.0. The zero-order chi connectivity index (χ0) is 36.6. The molecule has 5 aliphatic rings. The highest BCUT2D eigenvalue weighted by atomic mass is 16.5. The highest BCUT2D eigenvalue weighted by Crippen LogP contribution is 2.75. The molecule has 3 saturated carbocycles. The lowest BCUT2D eigenvalue weighted by molar-refractivity contribution is -0.253. The molecule has 2 heterocycles. The van der Waals surface area contributed by atoms with Crippen molar-refractivity contribution < 1.29 is 19.4 Å². The molecule has 10 heteroatoms. The molecule has 12 atom stereocenters. The molecular formula is C39H68N6O4. The lowest BCUT2D eigenvalue weighted by atomic mass is 9.34. The van der Waals surface area contributed by atoms with Crippen LogP contribution < -0.4 is 11.5 Å². The molecule has 2 bridgehead atoms. The number of nitrogen functional groups attached to an aromatic ring is 1. The van der Waals surface area contributed by atoms with Crippen molar-refractivity contribution in [2.75, 3.05) is 25.6 Å². The van der Waals surface area contributed by atoms with Gasteiger partial charge >= 0.3 is 5.97 Å². The number of tetrazole rings is 1. The van der Waals surface area contributed by atoms with E-state index in [1.165, 1.54) is 0 Å².